The van der Waals surface area contributed by atoms with Gasteiger partial charge in [0.2, 0.25) is 0 Å². The van der Waals surface area contributed by atoms with E-state index < -0.39 is 5.91 Å². The molecule has 9 nitrogen and oxygen atoms in total. The Morgan fingerprint density at radius 1 is 0.889 bits per heavy atom. The zero-order valence-corrected chi connectivity index (χ0v) is 20.2. The van der Waals surface area contributed by atoms with Crippen LogP contribution in [0.1, 0.15) is 10.5 Å². The number of carbonyl (C=O) groups is 1. The quantitative estimate of drug-likeness (QED) is 0.389. The molecule has 0 radical (unpaired) electrons. The van der Waals surface area contributed by atoms with Crippen molar-refractivity contribution in [2.75, 3.05) is 26.6 Å². The van der Waals surface area contributed by atoms with Crippen LogP contribution in [0.3, 0.4) is 0 Å². The van der Waals surface area contributed by atoms with Gasteiger partial charge in [0.15, 0.2) is 5.69 Å². The molecule has 0 bridgehead atoms. The summed E-state index contributed by atoms with van der Waals surface area (Å²) < 4.78 is 18.9. The predicted octanol–water partition coefficient (Wildman–Crippen LogP) is 4.16. The molecule has 0 saturated carbocycles. The predicted molar refractivity (Wildman–Crippen MR) is 138 cm³/mol. The van der Waals surface area contributed by atoms with Crippen molar-refractivity contribution in [3.8, 4) is 22.9 Å². The number of aromatic nitrogens is 3. The van der Waals surface area contributed by atoms with E-state index in [1.807, 2.05) is 24.3 Å². The number of benzene rings is 3. The lowest BCUT2D eigenvalue weighted by Gasteiger charge is -2.13. The molecule has 2 aromatic heterocycles. The Kier molecular flexibility index (Phi) is 5.81. The van der Waals surface area contributed by atoms with Crippen LogP contribution in [0.15, 0.2) is 71.5 Å². The molecule has 0 aliphatic carbocycles. The fraction of sp³-hybridized carbons (Fsp3) is 0.148. The summed E-state index contributed by atoms with van der Waals surface area (Å²) in [6.07, 6.45) is 0. The third kappa shape index (κ3) is 3.70. The van der Waals surface area contributed by atoms with Crippen LogP contribution in [0.2, 0.25) is 0 Å². The minimum atomic E-state index is -0.484. The lowest BCUT2D eigenvalue weighted by atomic mass is 10.1. The molecule has 0 spiro atoms. The summed E-state index contributed by atoms with van der Waals surface area (Å²) in [5.41, 5.74) is 1.90. The summed E-state index contributed by atoms with van der Waals surface area (Å²) >= 11 is 0. The van der Waals surface area contributed by atoms with Gasteiger partial charge in [0.05, 0.1) is 32.7 Å². The Morgan fingerprint density at radius 2 is 1.58 bits per heavy atom. The number of fused-ring (bicyclic) bond motifs is 3. The van der Waals surface area contributed by atoms with Gasteiger partial charge < -0.3 is 24.1 Å². The topological polar surface area (TPSA) is 96.6 Å². The van der Waals surface area contributed by atoms with Crippen LogP contribution in [0.4, 0.5) is 5.69 Å². The Balaban J connectivity index is 1.74. The van der Waals surface area contributed by atoms with Gasteiger partial charge in [-0.05, 0) is 42.5 Å². The van der Waals surface area contributed by atoms with Crippen molar-refractivity contribution in [3.05, 3.63) is 82.8 Å². The highest BCUT2D eigenvalue weighted by Crippen LogP contribution is 2.32. The average Bonchev–Trinajstić information content (AvgIpc) is 3.22. The molecule has 0 saturated heterocycles. The van der Waals surface area contributed by atoms with Crippen LogP contribution in [0, 0.1) is 0 Å². The molecular weight excluding hydrogens is 460 g/mol. The molecule has 182 valence electrons. The lowest BCUT2D eigenvalue weighted by Crippen LogP contribution is -2.27. The van der Waals surface area contributed by atoms with E-state index in [2.05, 4.69) is 10.4 Å². The fourth-order valence-electron chi connectivity index (χ4n) is 4.32. The molecule has 2 heterocycles. The van der Waals surface area contributed by atoms with Crippen molar-refractivity contribution in [1.82, 2.24) is 14.3 Å². The van der Waals surface area contributed by atoms with E-state index in [-0.39, 0.29) is 11.3 Å². The number of ether oxygens (including phenoxy) is 3. The lowest BCUT2D eigenvalue weighted by molar-refractivity contribution is 0.102. The molecule has 1 N–H and O–H groups in total. The standard InChI is InChI=1S/C27H24N4O5/c1-30-21-8-6-5-7-19(21)23-24(26(32)28-20-14-13-18(35-3)15-22(20)36-4)29-31(27(33)25(23)30)16-9-11-17(34-2)12-10-16/h5-15H,1-4H3,(H,28,32). The summed E-state index contributed by atoms with van der Waals surface area (Å²) in [4.78, 5) is 27.4. The maximum atomic E-state index is 13.7. The maximum absolute atomic E-state index is 13.7. The molecule has 5 rings (SSSR count). The third-order valence-electron chi connectivity index (χ3n) is 6.13. The first kappa shape index (κ1) is 23.0. The molecule has 3 aromatic carbocycles. The van der Waals surface area contributed by atoms with Crippen molar-refractivity contribution in [2.45, 2.75) is 0 Å². The number of aryl methyl sites for hydroxylation is 1. The SMILES string of the molecule is COc1ccc(-n2nc(C(=O)Nc3ccc(OC)cc3OC)c3c4ccccc4n(C)c3c2=O)cc1. The number of amides is 1. The van der Waals surface area contributed by atoms with Gasteiger partial charge in [-0.1, -0.05) is 18.2 Å². The number of hydrogen-bond acceptors (Lipinski definition) is 6. The number of para-hydroxylation sites is 1. The number of methoxy groups -OCH3 is 3. The second-order valence-electron chi connectivity index (χ2n) is 8.08. The minimum Gasteiger partial charge on any atom is -0.497 e. The summed E-state index contributed by atoms with van der Waals surface area (Å²) in [6, 6.07) is 19.5. The Labute approximate surface area is 206 Å². The number of anilines is 1. The summed E-state index contributed by atoms with van der Waals surface area (Å²) in [7, 11) is 6.43. The highest BCUT2D eigenvalue weighted by molar-refractivity contribution is 6.19. The molecule has 0 unspecified atom stereocenters. The van der Waals surface area contributed by atoms with E-state index in [1.165, 1.54) is 11.8 Å². The van der Waals surface area contributed by atoms with Crippen molar-refractivity contribution >= 4 is 33.4 Å². The van der Waals surface area contributed by atoms with Crippen molar-refractivity contribution in [2.24, 2.45) is 7.05 Å². The van der Waals surface area contributed by atoms with Crippen molar-refractivity contribution in [1.29, 1.82) is 0 Å². The van der Waals surface area contributed by atoms with Crippen LogP contribution in [-0.4, -0.2) is 41.6 Å². The van der Waals surface area contributed by atoms with Crippen LogP contribution >= 0.6 is 0 Å². The molecule has 9 heteroatoms. The van der Waals surface area contributed by atoms with Gasteiger partial charge in [-0.2, -0.15) is 9.78 Å². The van der Waals surface area contributed by atoms with Gasteiger partial charge >= 0.3 is 0 Å². The Bertz CT molecular complexity index is 1670. The second-order valence-corrected chi connectivity index (χ2v) is 8.08. The number of rotatable bonds is 6. The summed E-state index contributed by atoms with van der Waals surface area (Å²) in [5.74, 6) is 1.18. The maximum Gasteiger partial charge on any atom is 0.296 e. The van der Waals surface area contributed by atoms with E-state index >= 15 is 0 Å². The number of nitrogens with zero attached hydrogens (tertiary/aromatic N) is 3. The summed E-state index contributed by atoms with van der Waals surface area (Å²) in [5, 5.41) is 8.67. The van der Waals surface area contributed by atoms with Gasteiger partial charge in [-0.3, -0.25) is 9.59 Å². The van der Waals surface area contributed by atoms with E-state index in [1.54, 1.807) is 68.3 Å². The van der Waals surface area contributed by atoms with Gasteiger partial charge in [-0.15, -0.1) is 0 Å². The highest BCUT2D eigenvalue weighted by Gasteiger charge is 2.24. The van der Waals surface area contributed by atoms with Crippen LogP contribution in [0.5, 0.6) is 17.2 Å². The zero-order chi connectivity index (χ0) is 25.4. The smallest absolute Gasteiger partial charge is 0.296 e. The van der Waals surface area contributed by atoms with E-state index in [4.69, 9.17) is 14.2 Å². The van der Waals surface area contributed by atoms with Crippen LogP contribution in [0.25, 0.3) is 27.5 Å². The minimum absolute atomic E-state index is 0.107. The Morgan fingerprint density at radius 3 is 2.28 bits per heavy atom. The van der Waals surface area contributed by atoms with Gasteiger partial charge in [0.1, 0.15) is 22.8 Å². The van der Waals surface area contributed by atoms with Gasteiger partial charge in [0, 0.05) is 29.4 Å². The second kappa shape index (κ2) is 9.10. The molecule has 0 fully saturated rings. The Hall–Kier alpha value is -4.79. The highest BCUT2D eigenvalue weighted by atomic mass is 16.5. The first-order chi connectivity index (χ1) is 17.5. The number of carbonyl (C=O) groups excluding carboxylic acids is 1. The average molecular weight is 485 g/mol. The molecule has 0 atom stereocenters. The molecule has 0 aliphatic heterocycles. The zero-order valence-electron chi connectivity index (χ0n) is 20.2. The molecule has 5 aromatic rings. The van der Waals surface area contributed by atoms with Crippen molar-refractivity contribution in [3.63, 3.8) is 0 Å². The van der Waals surface area contributed by atoms with Gasteiger partial charge in [0.25, 0.3) is 11.5 Å². The first-order valence-electron chi connectivity index (χ1n) is 11.1. The molecule has 0 aliphatic rings. The number of hydrogen-bond donors (Lipinski definition) is 1. The van der Waals surface area contributed by atoms with Crippen LogP contribution < -0.4 is 25.1 Å². The van der Waals surface area contributed by atoms with E-state index in [0.29, 0.717) is 39.5 Å². The third-order valence-corrected chi connectivity index (χ3v) is 6.13. The normalized spacial score (nSPS) is 11.0. The van der Waals surface area contributed by atoms with Gasteiger partial charge in [-0.25, -0.2) is 0 Å². The fourth-order valence-corrected chi connectivity index (χ4v) is 4.32. The first-order valence-corrected chi connectivity index (χ1v) is 11.1. The molecule has 36 heavy (non-hydrogen) atoms. The molecule has 1 amide bonds. The number of nitrogens with one attached hydrogen (secondary N) is 1. The van der Waals surface area contributed by atoms with Crippen molar-refractivity contribution < 1.29 is 19.0 Å². The van der Waals surface area contributed by atoms with E-state index in [0.717, 1.165) is 10.9 Å². The monoisotopic (exact) mass is 484 g/mol. The van der Waals surface area contributed by atoms with E-state index in [9.17, 15) is 9.59 Å². The van der Waals surface area contributed by atoms with Crippen LogP contribution in [-0.2, 0) is 7.05 Å². The largest absolute Gasteiger partial charge is 0.497 e. The molecular formula is C27H24N4O5. The summed E-state index contributed by atoms with van der Waals surface area (Å²) in [6.45, 7) is 0.